The number of ether oxygens (including phenoxy) is 1. The Bertz CT molecular complexity index is 2560. The summed E-state index contributed by atoms with van der Waals surface area (Å²) in [6.45, 7) is 7.59. The van der Waals surface area contributed by atoms with Gasteiger partial charge in [0, 0.05) is 80.9 Å². The topological polar surface area (TPSA) is 172 Å². The molecule has 2 aromatic heterocycles. The maximum atomic E-state index is 13.5. The predicted molar refractivity (Wildman–Crippen MR) is 255 cm³/mol. The molecule has 3 N–H and O–H groups in total. The number of nitrogens with zero attached hydrogens (tertiary/aromatic N) is 8. The fourth-order valence-electron chi connectivity index (χ4n) is 9.56. The second kappa shape index (κ2) is 21.0. The summed E-state index contributed by atoms with van der Waals surface area (Å²) in [5.74, 6) is 2.10. The highest BCUT2D eigenvalue weighted by Gasteiger charge is 2.40. The average molecular weight is 911 g/mol. The van der Waals surface area contributed by atoms with Crippen LogP contribution in [-0.4, -0.2) is 127 Å². The van der Waals surface area contributed by atoms with E-state index < -0.39 is 6.04 Å². The minimum Gasteiger partial charge on any atom is -0.457 e. The van der Waals surface area contributed by atoms with E-state index >= 15 is 0 Å². The largest absolute Gasteiger partial charge is 0.457 e. The molecular formula is C50H58N10O5S. The van der Waals surface area contributed by atoms with Crippen molar-refractivity contribution in [2.45, 2.75) is 81.3 Å². The third-order valence-electron chi connectivity index (χ3n) is 13.2. The van der Waals surface area contributed by atoms with Gasteiger partial charge in [-0.25, -0.2) is 14.6 Å². The van der Waals surface area contributed by atoms with Crippen LogP contribution in [0.1, 0.15) is 79.8 Å². The van der Waals surface area contributed by atoms with E-state index in [1.165, 1.54) is 32.0 Å². The number of hydrogen-bond donors (Lipinski definition) is 2. The molecule has 3 aromatic carbocycles. The van der Waals surface area contributed by atoms with Gasteiger partial charge in [0.25, 0.3) is 5.91 Å². The number of rotatable bonds is 17. The summed E-state index contributed by atoms with van der Waals surface area (Å²) in [7, 11) is 0. The van der Waals surface area contributed by atoms with Crippen molar-refractivity contribution in [1.82, 2.24) is 44.7 Å². The van der Waals surface area contributed by atoms with Gasteiger partial charge in [-0.15, -0.1) is 11.8 Å². The van der Waals surface area contributed by atoms with Crippen LogP contribution in [0.2, 0.25) is 0 Å². The number of imide groups is 1. The van der Waals surface area contributed by atoms with Crippen LogP contribution in [0, 0.1) is 0 Å². The molecule has 15 nitrogen and oxygen atoms in total. The molecule has 4 aliphatic heterocycles. The number of fused-ring (bicyclic) bond motifs is 2. The predicted octanol–water partition coefficient (Wildman–Crippen LogP) is 6.71. The van der Waals surface area contributed by atoms with Gasteiger partial charge in [-0.3, -0.25) is 29.4 Å². The van der Waals surface area contributed by atoms with Crippen LogP contribution < -0.4 is 15.8 Å². The highest BCUT2D eigenvalue weighted by molar-refractivity contribution is 7.99. The van der Waals surface area contributed by atoms with E-state index in [0.717, 1.165) is 91.8 Å². The molecule has 2 atom stereocenters. The molecule has 4 amide bonds. The molecule has 3 fully saturated rings. The molecule has 0 bridgehead atoms. The van der Waals surface area contributed by atoms with Crippen molar-refractivity contribution in [2.75, 3.05) is 63.8 Å². The fraction of sp³-hybridized carbons (Fsp3) is 0.420. The van der Waals surface area contributed by atoms with E-state index in [0.29, 0.717) is 54.2 Å². The van der Waals surface area contributed by atoms with Crippen molar-refractivity contribution >= 4 is 52.2 Å². The van der Waals surface area contributed by atoms with Crippen molar-refractivity contribution in [3.63, 3.8) is 0 Å². The van der Waals surface area contributed by atoms with Crippen LogP contribution in [-0.2, 0) is 20.9 Å². The molecule has 0 spiro atoms. The number of carbonyl (C=O) groups excluding carboxylic acids is 4. The van der Waals surface area contributed by atoms with Crippen LogP contribution in [0.25, 0.3) is 22.3 Å². The Hall–Kier alpha value is -6.10. The maximum absolute atomic E-state index is 13.5. The molecule has 0 saturated carbocycles. The molecule has 9 rings (SSSR count). The number of piperidine rings is 2. The summed E-state index contributed by atoms with van der Waals surface area (Å²) in [6, 6.07) is 22.6. The van der Waals surface area contributed by atoms with Gasteiger partial charge < -0.3 is 25.2 Å². The minimum atomic E-state index is -0.589. The van der Waals surface area contributed by atoms with Gasteiger partial charge >= 0.3 is 0 Å². The molecule has 0 radical (unpaired) electrons. The molecular weight excluding hydrogens is 853 g/mol. The highest BCUT2D eigenvalue weighted by atomic mass is 32.2. The molecule has 0 aliphatic carbocycles. The number of hydrogen-bond acceptors (Lipinski definition) is 12. The zero-order chi connectivity index (χ0) is 45.4. The molecule has 66 heavy (non-hydrogen) atoms. The van der Waals surface area contributed by atoms with Gasteiger partial charge in [-0.2, -0.15) is 5.10 Å². The number of nitrogen functional groups attached to an aromatic ring is 1. The van der Waals surface area contributed by atoms with Gasteiger partial charge in [0.05, 0.1) is 11.4 Å². The Morgan fingerprint density at radius 1 is 0.848 bits per heavy atom. The zero-order valence-corrected chi connectivity index (χ0v) is 38.2. The summed E-state index contributed by atoms with van der Waals surface area (Å²) in [5.41, 5.74) is 10.4. The normalized spacial score (nSPS) is 19.5. The first-order valence-electron chi connectivity index (χ1n) is 23.4. The van der Waals surface area contributed by atoms with Crippen molar-refractivity contribution in [2.24, 2.45) is 0 Å². The van der Waals surface area contributed by atoms with E-state index in [-0.39, 0.29) is 36.1 Å². The average Bonchev–Trinajstić information content (AvgIpc) is 3.90. The Morgan fingerprint density at radius 3 is 2.44 bits per heavy atom. The van der Waals surface area contributed by atoms with E-state index in [1.54, 1.807) is 22.7 Å². The van der Waals surface area contributed by atoms with Crippen molar-refractivity contribution in [1.29, 1.82) is 0 Å². The Labute approximate surface area is 389 Å². The number of carbonyl (C=O) groups is 4. The fourth-order valence-corrected chi connectivity index (χ4v) is 10.6. The first-order valence-corrected chi connectivity index (χ1v) is 24.4. The Balaban J connectivity index is 0.671. The number of aromatic nitrogens is 4. The summed E-state index contributed by atoms with van der Waals surface area (Å²) in [6.07, 6.45) is 13.5. The van der Waals surface area contributed by atoms with E-state index in [1.807, 2.05) is 82.4 Å². The van der Waals surface area contributed by atoms with Crippen molar-refractivity contribution < 1.29 is 23.9 Å². The molecule has 2 unspecified atom stereocenters. The van der Waals surface area contributed by atoms with Crippen LogP contribution in [0.15, 0.2) is 96.2 Å². The highest BCUT2D eigenvalue weighted by Crippen LogP contribution is 2.37. The summed E-state index contributed by atoms with van der Waals surface area (Å²) < 4.78 is 7.94. The van der Waals surface area contributed by atoms with Gasteiger partial charge in [0.2, 0.25) is 17.7 Å². The lowest BCUT2D eigenvalue weighted by Gasteiger charge is -2.34. The van der Waals surface area contributed by atoms with E-state index in [4.69, 9.17) is 15.6 Å². The number of para-hydroxylation sites is 1. The first kappa shape index (κ1) is 45.1. The third kappa shape index (κ3) is 10.5. The molecule has 16 heteroatoms. The third-order valence-corrected chi connectivity index (χ3v) is 14.4. The quantitative estimate of drug-likeness (QED) is 0.0438. The number of piperazine rings is 1. The van der Waals surface area contributed by atoms with E-state index in [9.17, 15) is 19.2 Å². The van der Waals surface area contributed by atoms with Crippen molar-refractivity contribution in [3.8, 4) is 22.8 Å². The number of likely N-dealkylation sites (tertiary alicyclic amines) is 1. The summed E-state index contributed by atoms with van der Waals surface area (Å²) >= 11 is 1.79. The smallest absolute Gasteiger partial charge is 0.255 e. The maximum Gasteiger partial charge on any atom is 0.255 e. The number of thioether (sulfide) groups is 1. The number of amides is 4. The molecule has 4 aliphatic rings. The summed E-state index contributed by atoms with van der Waals surface area (Å²) in [5, 5.41) is 8.15. The molecule has 5 aromatic rings. The lowest BCUT2D eigenvalue weighted by molar-refractivity contribution is -0.137. The number of nitrogens with two attached hydrogens (primary N) is 1. The lowest BCUT2D eigenvalue weighted by Crippen LogP contribution is -2.52. The van der Waals surface area contributed by atoms with Crippen LogP contribution in [0.4, 0.5) is 5.82 Å². The second-order valence-corrected chi connectivity index (χ2v) is 18.8. The number of anilines is 1. The van der Waals surface area contributed by atoms with Crippen molar-refractivity contribution in [3.05, 3.63) is 102 Å². The SMILES string of the molecule is Nc1ncnc2c1c(-c1ccc(Oc3ccccc3)cc1)nn2C1CCCN(C(=O)/C=C/CN2CCN(CCCCCCCSc3cccc4c3CN(C3CCC(=O)NC3=O)C4=O)CC2)C1. The van der Waals surface area contributed by atoms with Crippen LogP contribution in [0.3, 0.4) is 0 Å². The standard InChI is InChI=1S/C50H58N10O5S/c51-47-45-46(35-18-20-38(21-19-35)65-37-13-5-4-6-14-37)55-60(48(45)53-34-52-47)36-12-10-26-58(32-36)44(62)17-11-25-57-29-27-56(28-30-57)24-7-2-1-3-8-31-66-42-16-9-15-39-40(42)33-59(50(39)64)41-22-23-43(61)54-49(41)63/h4-6,9,11,13-21,34,36,41H,1-3,7-8,10,12,22-33H2,(H2,51,52,53)(H,54,61,63)/b17-11+. The molecule has 344 valence electrons. The molecule has 3 saturated heterocycles. The number of nitrogens with one attached hydrogen (secondary N) is 1. The number of unbranched alkanes of at least 4 members (excludes halogenated alkanes) is 4. The van der Waals surface area contributed by atoms with E-state index in [2.05, 4.69) is 31.2 Å². The van der Waals surface area contributed by atoms with Gasteiger partial charge in [0.15, 0.2) is 5.65 Å². The minimum absolute atomic E-state index is 0.0233. The monoisotopic (exact) mass is 910 g/mol. The van der Waals surface area contributed by atoms with Crippen LogP contribution >= 0.6 is 11.8 Å². The summed E-state index contributed by atoms with van der Waals surface area (Å²) in [4.78, 5) is 69.3. The van der Waals surface area contributed by atoms with Gasteiger partial charge in [-0.1, -0.05) is 49.6 Å². The Kier molecular flexibility index (Phi) is 14.4. The number of benzene rings is 3. The van der Waals surface area contributed by atoms with Gasteiger partial charge in [0.1, 0.15) is 35.4 Å². The van der Waals surface area contributed by atoms with Crippen LogP contribution in [0.5, 0.6) is 11.5 Å². The van der Waals surface area contributed by atoms with Gasteiger partial charge in [-0.05, 0) is 98.5 Å². The Morgan fingerprint density at radius 2 is 1.62 bits per heavy atom. The lowest BCUT2D eigenvalue weighted by atomic mass is 10.0. The molecule has 6 heterocycles. The zero-order valence-electron chi connectivity index (χ0n) is 37.4. The second-order valence-electron chi connectivity index (χ2n) is 17.6. The first-order chi connectivity index (χ1) is 32.3.